The molecule has 1 heterocycles. The predicted molar refractivity (Wildman–Crippen MR) is 91.5 cm³/mol. The number of carbonyl (C=O) groups excluding carboxylic acids is 1. The van der Waals surface area contributed by atoms with Gasteiger partial charge in [-0.1, -0.05) is 30.3 Å². The molecule has 6 nitrogen and oxygen atoms in total. The highest BCUT2D eigenvalue weighted by Gasteiger charge is 2.47. The molecule has 0 aliphatic heterocycles. The average molecular weight is 340 g/mol. The fourth-order valence-corrected chi connectivity index (χ4v) is 3.39. The van der Waals surface area contributed by atoms with E-state index in [2.05, 4.69) is 10.3 Å². The maximum atomic E-state index is 12.3. The molecule has 3 N–H and O–H groups in total. The molecule has 130 valence electrons. The van der Waals surface area contributed by atoms with Gasteiger partial charge in [-0.2, -0.15) is 0 Å². The van der Waals surface area contributed by atoms with Crippen molar-refractivity contribution in [3.63, 3.8) is 0 Å². The molecular formula is C19H20N2O4. The van der Waals surface area contributed by atoms with Crippen molar-refractivity contribution in [3.05, 3.63) is 65.5 Å². The minimum absolute atomic E-state index is 0.0165. The molecule has 25 heavy (non-hydrogen) atoms. The number of nitrogens with zero attached hydrogens (tertiary/aromatic N) is 1. The number of aliphatic hydroxyl groups is 1. The zero-order valence-electron chi connectivity index (χ0n) is 13.7. The van der Waals surface area contributed by atoms with Crippen molar-refractivity contribution in [1.82, 2.24) is 10.3 Å². The van der Waals surface area contributed by atoms with E-state index in [9.17, 15) is 14.7 Å². The van der Waals surface area contributed by atoms with Crippen molar-refractivity contribution in [2.24, 2.45) is 5.41 Å². The van der Waals surface area contributed by atoms with Crippen molar-refractivity contribution in [2.45, 2.75) is 18.8 Å². The van der Waals surface area contributed by atoms with E-state index < -0.39 is 11.9 Å². The van der Waals surface area contributed by atoms with Crippen LogP contribution in [-0.4, -0.2) is 40.2 Å². The average Bonchev–Trinajstić information content (AvgIpc) is 2.62. The lowest BCUT2D eigenvalue weighted by molar-refractivity contribution is 0.0164. The molecule has 1 aliphatic rings. The first-order valence-electron chi connectivity index (χ1n) is 8.19. The van der Waals surface area contributed by atoms with Crippen molar-refractivity contribution < 1.29 is 19.8 Å². The second-order valence-corrected chi connectivity index (χ2v) is 6.44. The molecule has 1 saturated carbocycles. The number of aromatic nitrogens is 1. The van der Waals surface area contributed by atoms with E-state index in [4.69, 9.17) is 5.11 Å². The lowest BCUT2D eigenvalue weighted by Gasteiger charge is -2.49. The van der Waals surface area contributed by atoms with Gasteiger partial charge >= 0.3 is 5.97 Å². The molecule has 2 aromatic rings. The van der Waals surface area contributed by atoms with Gasteiger partial charge in [0.1, 0.15) is 5.69 Å². The molecule has 0 unspecified atom stereocenters. The molecule has 2 atom stereocenters. The fraction of sp³-hybridized carbons (Fsp3) is 0.316. The minimum atomic E-state index is -1.11. The Hall–Kier alpha value is -2.73. The molecule has 0 saturated heterocycles. The maximum Gasteiger partial charge on any atom is 0.335 e. The first kappa shape index (κ1) is 17.1. The number of carboxylic acid groups (broad SMARTS) is 1. The molecule has 6 heteroatoms. The first-order valence-corrected chi connectivity index (χ1v) is 8.19. The van der Waals surface area contributed by atoms with E-state index in [1.807, 2.05) is 30.3 Å². The number of carbonyl (C=O) groups is 2. The number of hydrogen-bond donors (Lipinski definition) is 3. The molecule has 1 aromatic heterocycles. The Labute approximate surface area is 145 Å². The smallest absolute Gasteiger partial charge is 0.335 e. The van der Waals surface area contributed by atoms with E-state index in [0.717, 1.165) is 18.4 Å². The van der Waals surface area contributed by atoms with Gasteiger partial charge in [0.25, 0.3) is 5.91 Å². The topological polar surface area (TPSA) is 99.5 Å². The van der Waals surface area contributed by atoms with Crippen molar-refractivity contribution in [1.29, 1.82) is 0 Å². The zero-order chi connectivity index (χ0) is 17.9. The molecule has 0 radical (unpaired) electrons. The summed E-state index contributed by atoms with van der Waals surface area (Å²) in [7, 11) is 0. The lowest BCUT2D eigenvalue weighted by atomic mass is 9.58. The summed E-state index contributed by atoms with van der Waals surface area (Å²) in [6, 6.07) is 12.5. The van der Waals surface area contributed by atoms with E-state index in [1.54, 1.807) is 0 Å². The van der Waals surface area contributed by atoms with Crippen LogP contribution in [0.15, 0.2) is 48.7 Å². The summed E-state index contributed by atoms with van der Waals surface area (Å²) in [6.45, 7) is 0.302. The highest BCUT2D eigenvalue weighted by Crippen LogP contribution is 2.52. The Morgan fingerprint density at radius 2 is 2.00 bits per heavy atom. The van der Waals surface area contributed by atoms with E-state index in [-0.39, 0.29) is 29.2 Å². The maximum absolute atomic E-state index is 12.3. The molecule has 0 bridgehead atoms. The molecule has 1 fully saturated rings. The number of aromatic carboxylic acids is 1. The predicted octanol–water partition coefficient (Wildman–Crippen LogP) is 2.07. The van der Waals surface area contributed by atoms with Gasteiger partial charge < -0.3 is 15.5 Å². The van der Waals surface area contributed by atoms with Crippen LogP contribution in [-0.2, 0) is 0 Å². The van der Waals surface area contributed by atoms with Gasteiger partial charge in [-0.3, -0.25) is 9.78 Å². The Morgan fingerprint density at radius 1 is 1.24 bits per heavy atom. The summed E-state index contributed by atoms with van der Waals surface area (Å²) in [5, 5.41) is 21.7. The minimum Gasteiger partial charge on any atom is -0.478 e. The number of aliphatic hydroxyl groups excluding tert-OH is 1. The van der Waals surface area contributed by atoms with Crippen LogP contribution in [0, 0.1) is 5.41 Å². The third kappa shape index (κ3) is 3.39. The number of carboxylic acids is 1. The van der Waals surface area contributed by atoms with Crippen LogP contribution in [0.2, 0.25) is 0 Å². The monoisotopic (exact) mass is 340 g/mol. The molecule has 1 amide bonds. The van der Waals surface area contributed by atoms with Gasteiger partial charge in [-0.05, 0) is 36.5 Å². The lowest BCUT2D eigenvalue weighted by Crippen LogP contribution is -2.50. The van der Waals surface area contributed by atoms with Crippen molar-refractivity contribution >= 4 is 11.9 Å². The quantitative estimate of drug-likeness (QED) is 0.747. The highest BCUT2D eigenvalue weighted by molar-refractivity contribution is 5.95. The third-order valence-electron chi connectivity index (χ3n) is 5.03. The van der Waals surface area contributed by atoms with Gasteiger partial charge in [0.15, 0.2) is 0 Å². The summed E-state index contributed by atoms with van der Waals surface area (Å²) in [4.78, 5) is 27.3. The molecule has 0 spiro atoms. The number of benzene rings is 1. The Bertz CT molecular complexity index is 774. The largest absolute Gasteiger partial charge is 0.478 e. The summed E-state index contributed by atoms with van der Waals surface area (Å²) in [5.41, 5.74) is 0.843. The SMILES string of the molecule is O=C(O)c1ccnc(C(=O)NC[C@]2(CO)CC[C@H]2c2ccccc2)c1. The number of hydrogen-bond acceptors (Lipinski definition) is 4. The van der Waals surface area contributed by atoms with Gasteiger partial charge in [-0.25, -0.2) is 4.79 Å². The number of pyridine rings is 1. The van der Waals surface area contributed by atoms with E-state index >= 15 is 0 Å². The standard InChI is InChI=1S/C19H20N2O4/c22-12-19(8-6-15(19)13-4-2-1-3-5-13)11-21-17(23)16-10-14(18(24)25)7-9-20-16/h1-5,7,9-10,15,22H,6,8,11-12H2,(H,21,23)(H,24,25)/t15-,19-/m0/s1. The molecule has 3 rings (SSSR count). The molecule has 1 aromatic carbocycles. The van der Waals surface area contributed by atoms with Crippen molar-refractivity contribution in [3.8, 4) is 0 Å². The number of nitrogens with one attached hydrogen (secondary N) is 1. The van der Waals surface area contributed by atoms with Crippen LogP contribution in [0.3, 0.4) is 0 Å². The summed E-state index contributed by atoms with van der Waals surface area (Å²) < 4.78 is 0. The summed E-state index contributed by atoms with van der Waals surface area (Å²) in [5.74, 6) is -1.35. The Balaban J connectivity index is 1.70. The van der Waals surface area contributed by atoms with E-state index in [0.29, 0.717) is 6.54 Å². The summed E-state index contributed by atoms with van der Waals surface area (Å²) in [6.07, 6.45) is 3.09. The number of rotatable bonds is 6. The van der Waals surface area contributed by atoms with Gasteiger partial charge in [0.2, 0.25) is 0 Å². The first-order chi connectivity index (χ1) is 12.1. The summed E-state index contributed by atoms with van der Waals surface area (Å²) >= 11 is 0. The van der Waals surface area contributed by atoms with Crippen LogP contribution < -0.4 is 5.32 Å². The van der Waals surface area contributed by atoms with Crippen LogP contribution >= 0.6 is 0 Å². The second kappa shape index (κ2) is 7.03. The van der Waals surface area contributed by atoms with Gasteiger partial charge in [-0.15, -0.1) is 0 Å². The number of amides is 1. The Morgan fingerprint density at radius 3 is 2.60 bits per heavy atom. The molecular weight excluding hydrogens is 320 g/mol. The van der Waals surface area contributed by atoms with Crippen molar-refractivity contribution in [2.75, 3.05) is 13.2 Å². The Kier molecular flexibility index (Phi) is 4.81. The zero-order valence-corrected chi connectivity index (χ0v) is 13.7. The fourth-order valence-electron chi connectivity index (χ4n) is 3.39. The third-order valence-corrected chi connectivity index (χ3v) is 5.03. The second-order valence-electron chi connectivity index (χ2n) is 6.44. The van der Waals surface area contributed by atoms with Crippen LogP contribution in [0.5, 0.6) is 0 Å². The highest BCUT2D eigenvalue weighted by atomic mass is 16.4. The van der Waals surface area contributed by atoms with Gasteiger partial charge in [0.05, 0.1) is 12.2 Å². The van der Waals surface area contributed by atoms with Crippen LogP contribution in [0.4, 0.5) is 0 Å². The van der Waals surface area contributed by atoms with Crippen LogP contribution in [0.1, 0.15) is 45.2 Å². The van der Waals surface area contributed by atoms with E-state index in [1.165, 1.54) is 18.3 Å². The molecule has 1 aliphatic carbocycles. The normalized spacial score (nSPS) is 22.0. The van der Waals surface area contributed by atoms with Crippen LogP contribution in [0.25, 0.3) is 0 Å². The van der Waals surface area contributed by atoms with Gasteiger partial charge in [0, 0.05) is 18.2 Å².